The lowest BCUT2D eigenvalue weighted by Crippen LogP contribution is -2.17. The topological polar surface area (TPSA) is 46.3 Å². The van der Waals surface area contributed by atoms with Gasteiger partial charge in [0.05, 0.1) is 5.69 Å². The standard InChI is InChI=1S/C6H7F2NO2/c1-4-2-5(11-9-4)6(7,8)3-10/h2,10H,3H2,1H3. The quantitative estimate of drug-likeness (QED) is 0.709. The summed E-state index contributed by atoms with van der Waals surface area (Å²) in [6.45, 7) is 0.266. The van der Waals surface area contributed by atoms with Crippen molar-refractivity contribution in [3.63, 3.8) is 0 Å². The van der Waals surface area contributed by atoms with Gasteiger partial charge in [0.1, 0.15) is 6.61 Å². The predicted molar refractivity (Wildman–Crippen MR) is 32.2 cm³/mol. The van der Waals surface area contributed by atoms with E-state index in [1.165, 1.54) is 6.92 Å². The van der Waals surface area contributed by atoms with E-state index in [4.69, 9.17) is 5.11 Å². The lowest BCUT2D eigenvalue weighted by atomic mass is 10.2. The van der Waals surface area contributed by atoms with Crippen molar-refractivity contribution in [2.75, 3.05) is 6.61 Å². The maximum atomic E-state index is 12.5. The Morgan fingerprint density at radius 1 is 1.73 bits per heavy atom. The summed E-state index contributed by atoms with van der Waals surface area (Å²) in [5, 5.41) is 11.5. The first-order valence-corrected chi connectivity index (χ1v) is 2.99. The van der Waals surface area contributed by atoms with Gasteiger partial charge in [0, 0.05) is 6.07 Å². The van der Waals surface area contributed by atoms with Gasteiger partial charge in [0.15, 0.2) is 0 Å². The lowest BCUT2D eigenvalue weighted by molar-refractivity contribution is -0.0755. The van der Waals surface area contributed by atoms with Crippen LogP contribution in [0.2, 0.25) is 0 Å². The van der Waals surface area contributed by atoms with Crippen LogP contribution in [0.3, 0.4) is 0 Å². The first kappa shape index (κ1) is 8.13. The maximum absolute atomic E-state index is 12.5. The minimum absolute atomic E-state index is 0.369. The van der Waals surface area contributed by atoms with Gasteiger partial charge in [-0.1, -0.05) is 5.16 Å². The summed E-state index contributed by atoms with van der Waals surface area (Å²) in [6.07, 6.45) is 0. The number of aromatic nitrogens is 1. The number of aliphatic hydroxyl groups is 1. The number of hydrogen-bond acceptors (Lipinski definition) is 3. The Kier molecular flexibility index (Phi) is 1.90. The molecule has 0 aliphatic rings. The molecule has 0 aliphatic heterocycles. The molecular formula is C6H7F2NO2. The molecule has 0 fully saturated rings. The molecule has 0 saturated heterocycles. The van der Waals surface area contributed by atoms with Gasteiger partial charge in [-0.05, 0) is 6.92 Å². The van der Waals surface area contributed by atoms with E-state index in [1.54, 1.807) is 0 Å². The molecular weight excluding hydrogens is 156 g/mol. The second-order valence-corrected chi connectivity index (χ2v) is 2.20. The third kappa shape index (κ3) is 1.54. The van der Waals surface area contributed by atoms with Gasteiger partial charge >= 0.3 is 5.92 Å². The van der Waals surface area contributed by atoms with Crippen molar-refractivity contribution in [1.29, 1.82) is 0 Å². The highest BCUT2D eigenvalue weighted by Crippen LogP contribution is 2.27. The van der Waals surface area contributed by atoms with E-state index in [0.29, 0.717) is 5.69 Å². The highest BCUT2D eigenvalue weighted by Gasteiger charge is 2.35. The monoisotopic (exact) mass is 163 g/mol. The Morgan fingerprint density at radius 2 is 2.36 bits per heavy atom. The molecule has 1 rings (SSSR count). The van der Waals surface area contributed by atoms with E-state index in [0.717, 1.165) is 6.07 Å². The summed E-state index contributed by atoms with van der Waals surface area (Å²) in [6, 6.07) is 1.09. The SMILES string of the molecule is Cc1cc(C(F)(F)CO)on1. The van der Waals surface area contributed by atoms with Crippen LogP contribution in [-0.2, 0) is 5.92 Å². The number of hydrogen-bond donors (Lipinski definition) is 1. The molecule has 0 atom stereocenters. The molecule has 0 spiro atoms. The van der Waals surface area contributed by atoms with Crippen LogP contribution in [0.5, 0.6) is 0 Å². The molecule has 0 aromatic carbocycles. The average Bonchev–Trinajstić information content (AvgIpc) is 2.36. The fourth-order valence-corrected chi connectivity index (χ4v) is 0.614. The Balaban J connectivity index is 2.92. The average molecular weight is 163 g/mol. The van der Waals surface area contributed by atoms with Crippen molar-refractivity contribution < 1.29 is 18.4 Å². The van der Waals surface area contributed by atoms with Gasteiger partial charge in [-0.2, -0.15) is 8.78 Å². The molecule has 0 bridgehead atoms. The van der Waals surface area contributed by atoms with Gasteiger partial charge < -0.3 is 9.63 Å². The second-order valence-electron chi connectivity index (χ2n) is 2.20. The summed E-state index contributed by atoms with van der Waals surface area (Å²) in [7, 11) is 0. The number of halogens is 2. The first-order valence-electron chi connectivity index (χ1n) is 2.99. The molecule has 0 unspecified atom stereocenters. The fraction of sp³-hybridized carbons (Fsp3) is 0.500. The molecule has 0 saturated carbocycles. The summed E-state index contributed by atoms with van der Waals surface area (Å²) in [4.78, 5) is 0. The van der Waals surface area contributed by atoms with Gasteiger partial charge in [-0.15, -0.1) is 0 Å². The van der Waals surface area contributed by atoms with Crippen molar-refractivity contribution in [3.05, 3.63) is 17.5 Å². The number of aryl methyl sites for hydroxylation is 1. The normalized spacial score (nSPS) is 12.0. The molecule has 1 aromatic heterocycles. The zero-order chi connectivity index (χ0) is 8.48. The Bertz CT molecular complexity index is 246. The van der Waals surface area contributed by atoms with Crippen molar-refractivity contribution >= 4 is 0 Å². The number of nitrogens with zero attached hydrogens (tertiary/aromatic N) is 1. The molecule has 11 heavy (non-hydrogen) atoms. The van der Waals surface area contributed by atoms with Crippen LogP contribution in [-0.4, -0.2) is 16.9 Å². The molecule has 5 heteroatoms. The molecule has 62 valence electrons. The minimum atomic E-state index is -3.32. The summed E-state index contributed by atoms with van der Waals surface area (Å²) in [5.41, 5.74) is 0.369. The van der Waals surface area contributed by atoms with Gasteiger partial charge in [-0.3, -0.25) is 0 Å². The van der Waals surface area contributed by atoms with E-state index in [9.17, 15) is 8.78 Å². The summed E-state index contributed by atoms with van der Waals surface area (Å²) >= 11 is 0. The van der Waals surface area contributed by atoms with Crippen LogP contribution in [0.1, 0.15) is 11.5 Å². The van der Waals surface area contributed by atoms with E-state index < -0.39 is 18.3 Å². The third-order valence-electron chi connectivity index (χ3n) is 1.19. The van der Waals surface area contributed by atoms with Crippen molar-refractivity contribution in [3.8, 4) is 0 Å². The van der Waals surface area contributed by atoms with E-state index >= 15 is 0 Å². The van der Waals surface area contributed by atoms with Crippen LogP contribution in [0.4, 0.5) is 8.78 Å². The smallest absolute Gasteiger partial charge is 0.329 e. The largest absolute Gasteiger partial charge is 0.390 e. The van der Waals surface area contributed by atoms with Crippen molar-refractivity contribution in [1.82, 2.24) is 5.16 Å². The van der Waals surface area contributed by atoms with Crippen molar-refractivity contribution in [2.45, 2.75) is 12.8 Å². The van der Waals surface area contributed by atoms with Crippen LogP contribution >= 0.6 is 0 Å². The molecule has 1 heterocycles. The molecule has 1 N–H and O–H groups in total. The van der Waals surface area contributed by atoms with E-state index in [2.05, 4.69) is 9.68 Å². The molecule has 0 radical (unpaired) electrons. The predicted octanol–water partition coefficient (Wildman–Crippen LogP) is 1.07. The first-order chi connectivity index (χ1) is 5.06. The Labute approximate surface area is 61.6 Å². The van der Waals surface area contributed by atoms with Crippen LogP contribution in [0.25, 0.3) is 0 Å². The molecule has 0 aliphatic carbocycles. The zero-order valence-electron chi connectivity index (χ0n) is 5.84. The van der Waals surface area contributed by atoms with Gasteiger partial charge in [0.25, 0.3) is 0 Å². The van der Waals surface area contributed by atoms with E-state index in [1.807, 2.05) is 0 Å². The zero-order valence-corrected chi connectivity index (χ0v) is 5.84. The minimum Gasteiger partial charge on any atom is -0.390 e. The number of rotatable bonds is 2. The highest BCUT2D eigenvalue weighted by atomic mass is 19.3. The second kappa shape index (κ2) is 2.58. The fourth-order valence-electron chi connectivity index (χ4n) is 0.614. The summed E-state index contributed by atoms with van der Waals surface area (Å²) in [5.74, 6) is -3.92. The van der Waals surface area contributed by atoms with Gasteiger partial charge in [-0.25, -0.2) is 0 Å². The summed E-state index contributed by atoms with van der Waals surface area (Å²) < 4.78 is 29.3. The van der Waals surface area contributed by atoms with Gasteiger partial charge in [0.2, 0.25) is 5.76 Å². The third-order valence-corrected chi connectivity index (χ3v) is 1.19. The Morgan fingerprint density at radius 3 is 2.73 bits per heavy atom. The van der Waals surface area contributed by atoms with E-state index in [-0.39, 0.29) is 0 Å². The van der Waals surface area contributed by atoms with Crippen LogP contribution < -0.4 is 0 Å². The maximum Gasteiger partial charge on any atom is 0.329 e. The highest BCUT2D eigenvalue weighted by molar-refractivity contribution is 5.08. The lowest BCUT2D eigenvalue weighted by Gasteiger charge is -2.06. The van der Waals surface area contributed by atoms with Crippen LogP contribution in [0, 0.1) is 6.92 Å². The molecule has 3 nitrogen and oxygen atoms in total. The molecule has 0 amide bonds. The number of aliphatic hydroxyl groups excluding tert-OH is 1. The molecule has 1 aromatic rings. The van der Waals surface area contributed by atoms with Crippen LogP contribution in [0.15, 0.2) is 10.6 Å². The number of alkyl halides is 2. The Hall–Kier alpha value is -0.970. The van der Waals surface area contributed by atoms with Crippen molar-refractivity contribution in [2.24, 2.45) is 0 Å².